The van der Waals surface area contributed by atoms with Crippen LogP contribution in [-0.2, 0) is 11.3 Å². The fraction of sp³-hybridized carbons (Fsp3) is 0.0625. The SMILES string of the molecule is O=C1[C@H](N2C(=O)c3ccccc3C2=O)N=C(c2ccccc2F)c2ccccc2N1Cc1cc2ccccc2o1. The van der Waals surface area contributed by atoms with E-state index in [1.165, 1.54) is 11.0 Å². The summed E-state index contributed by atoms with van der Waals surface area (Å²) in [5.74, 6) is -1.93. The van der Waals surface area contributed by atoms with Gasteiger partial charge in [0.05, 0.1) is 29.1 Å². The highest BCUT2D eigenvalue weighted by molar-refractivity contribution is 6.25. The molecule has 40 heavy (non-hydrogen) atoms. The van der Waals surface area contributed by atoms with Crippen LogP contribution >= 0.6 is 0 Å². The molecule has 1 atom stereocenters. The minimum atomic E-state index is -1.57. The molecule has 0 N–H and O–H groups in total. The molecule has 7 nitrogen and oxygen atoms in total. The lowest BCUT2D eigenvalue weighted by molar-refractivity contribution is -0.122. The van der Waals surface area contributed by atoms with Crippen LogP contribution in [-0.4, -0.2) is 34.5 Å². The fourth-order valence-corrected chi connectivity index (χ4v) is 5.31. The summed E-state index contributed by atoms with van der Waals surface area (Å²) < 4.78 is 21.2. The number of hydrogen-bond acceptors (Lipinski definition) is 5. The van der Waals surface area contributed by atoms with Crippen molar-refractivity contribution in [3.8, 4) is 0 Å². The van der Waals surface area contributed by atoms with E-state index in [9.17, 15) is 14.4 Å². The van der Waals surface area contributed by atoms with Gasteiger partial charge in [0.2, 0.25) is 6.17 Å². The number of anilines is 1. The maximum atomic E-state index is 15.2. The normalized spacial score (nSPS) is 16.7. The number of aliphatic imine (C=N–C) groups is 1. The summed E-state index contributed by atoms with van der Waals surface area (Å²) in [6, 6.07) is 28.8. The molecule has 1 aromatic heterocycles. The molecule has 3 heterocycles. The highest BCUT2D eigenvalue weighted by atomic mass is 19.1. The van der Waals surface area contributed by atoms with E-state index < -0.39 is 29.7 Å². The van der Waals surface area contributed by atoms with E-state index in [4.69, 9.17) is 4.42 Å². The number of carbonyl (C=O) groups excluding carboxylic acids is 3. The van der Waals surface area contributed by atoms with Gasteiger partial charge in [0.15, 0.2) is 0 Å². The molecule has 0 spiro atoms. The van der Waals surface area contributed by atoms with Gasteiger partial charge in [-0.05, 0) is 42.5 Å². The largest absolute Gasteiger partial charge is 0.459 e. The van der Waals surface area contributed by atoms with Crippen molar-refractivity contribution < 1.29 is 23.2 Å². The molecule has 0 fully saturated rings. The minimum absolute atomic E-state index is 0.00423. The van der Waals surface area contributed by atoms with Gasteiger partial charge >= 0.3 is 0 Å². The molecule has 0 bridgehead atoms. The molecule has 7 rings (SSSR count). The Balaban J connectivity index is 1.42. The van der Waals surface area contributed by atoms with Gasteiger partial charge in [-0.25, -0.2) is 14.3 Å². The molecule has 0 aliphatic carbocycles. The van der Waals surface area contributed by atoms with Crippen molar-refractivity contribution in [1.82, 2.24) is 4.90 Å². The van der Waals surface area contributed by atoms with Gasteiger partial charge in [0, 0.05) is 16.5 Å². The average Bonchev–Trinajstić information content (AvgIpc) is 3.47. The topological polar surface area (TPSA) is 83.2 Å². The molecule has 5 aromatic rings. The van der Waals surface area contributed by atoms with Crippen LogP contribution in [0.5, 0.6) is 0 Å². The number of para-hydroxylation sites is 2. The van der Waals surface area contributed by atoms with Crippen LogP contribution in [0, 0.1) is 5.82 Å². The summed E-state index contributed by atoms with van der Waals surface area (Å²) >= 11 is 0. The molecular formula is C32H20FN3O4. The van der Waals surface area contributed by atoms with Gasteiger partial charge in [0.1, 0.15) is 17.2 Å². The van der Waals surface area contributed by atoms with Gasteiger partial charge in [-0.15, -0.1) is 0 Å². The second-order valence-electron chi connectivity index (χ2n) is 9.55. The van der Waals surface area contributed by atoms with Crippen LogP contribution < -0.4 is 4.90 Å². The van der Waals surface area contributed by atoms with Crippen LogP contribution in [0.1, 0.15) is 37.6 Å². The first kappa shape index (κ1) is 23.7. The number of amides is 3. The number of halogens is 1. The van der Waals surface area contributed by atoms with Crippen molar-refractivity contribution in [2.24, 2.45) is 4.99 Å². The van der Waals surface area contributed by atoms with E-state index in [0.717, 1.165) is 10.3 Å². The summed E-state index contributed by atoms with van der Waals surface area (Å²) in [5.41, 5.74) is 2.28. The molecule has 2 aliphatic heterocycles. The Kier molecular flexibility index (Phi) is 5.41. The summed E-state index contributed by atoms with van der Waals surface area (Å²) in [5, 5.41) is 0.869. The van der Waals surface area contributed by atoms with Gasteiger partial charge in [-0.3, -0.25) is 14.4 Å². The Morgan fingerprint density at radius 2 is 1.32 bits per heavy atom. The van der Waals surface area contributed by atoms with Crippen molar-refractivity contribution >= 4 is 40.1 Å². The Hall–Kier alpha value is -5.37. The molecule has 0 saturated carbocycles. The maximum Gasteiger partial charge on any atom is 0.273 e. The number of furan rings is 1. The summed E-state index contributed by atoms with van der Waals surface area (Å²) in [7, 11) is 0. The molecule has 2 aliphatic rings. The predicted octanol–water partition coefficient (Wildman–Crippen LogP) is 5.58. The van der Waals surface area contributed by atoms with E-state index in [1.54, 1.807) is 66.7 Å². The molecule has 4 aromatic carbocycles. The Bertz CT molecular complexity index is 1820. The smallest absolute Gasteiger partial charge is 0.273 e. The van der Waals surface area contributed by atoms with E-state index >= 15 is 4.39 Å². The highest BCUT2D eigenvalue weighted by Gasteiger charge is 2.46. The summed E-state index contributed by atoms with van der Waals surface area (Å²) in [4.78, 5) is 48.3. The maximum absolute atomic E-state index is 15.2. The Morgan fingerprint density at radius 1 is 0.725 bits per heavy atom. The number of nitrogens with zero attached hydrogens (tertiary/aromatic N) is 3. The first-order valence-electron chi connectivity index (χ1n) is 12.7. The number of imide groups is 1. The standard InChI is InChI=1S/C32H20FN3O4/c33-25-14-6-4-12-23(25)28-24-13-5-7-15-26(24)35(18-20-17-19-9-1-8-16-27(19)40-20)32(39)29(34-28)36-30(37)21-10-2-3-11-22(21)31(36)38/h1-17,29H,18H2/t29-/m0/s1. The van der Waals surface area contributed by atoms with Crippen LogP contribution in [0.2, 0.25) is 0 Å². The lowest BCUT2D eigenvalue weighted by atomic mass is 9.99. The Morgan fingerprint density at radius 3 is 2.02 bits per heavy atom. The van der Waals surface area contributed by atoms with Gasteiger partial charge in [-0.1, -0.05) is 60.7 Å². The molecule has 0 saturated heterocycles. The van der Waals surface area contributed by atoms with E-state index in [-0.39, 0.29) is 28.9 Å². The van der Waals surface area contributed by atoms with E-state index in [1.807, 2.05) is 30.3 Å². The van der Waals surface area contributed by atoms with Crippen LogP contribution in [0.3, 0.4) is 0 Å². The van der Waals surface area contributed by atoms with Gasteiger partial charge in [-0.2, -0.15) is 0 Å². The number of carbonyl (C=O) groups is 3. The Labute approximate surface area is 227 Å². The van der Waals surface area contributed by atoms with Crippen molar-refractivity contribution in [3.63, 3.8) is 0 Å². The molecular weight excluding hydrogens is 509 g/mol. The zero-order chi connectivity index (χ0) is 27.4. The quantitative estimate of drug-likeness (QED) is 0.285. The molecule has 0 radical (unpaired) electrons. The second kappa shape index (κ2) is 9.13. The van der Waals surface area contributed by atoms with Gasteiger partial charge in [0.25, 0.3) is 17.7 Å². The summed E-state index contributed by atoms with van der Waals surface area (Å²) in [6.07, 6.45) is -1.57. The first-order valence-corrected chi connectivity index (χ1v) is 12.7. The lowest BCUT2D eigenvalue weighted by Crippen LogP contribution is -2.49. The number of rotatable bonds is 4. The highest BCUT2D eigenvalue weighted by Crippen LogP contribution is 2.34. The molecule has 0 unspecified atom stereocenters. The van der Waals surface area contributed by atoms with Crippen molar-refractivity contribution in [1.29, 1.82) is 0 Å². The van der Waals surface area contributed by atoms with Crippen LogP contribution in [0.15, 0.2) is 113 Å². The van der Waals surface area contributed by atoms with Crippen molar-refractivity contribution in [2.75, 3.05) is 4.90 Å². The zero-order valence-corrected chi connectivity index (χ0v) is 21.0. The molecule has 3 amide bonds. The van der Waals surface area contributed by atoms with Crippen molar-refractivity contribution in [3.05, 3.63) is 137 Å². The lowest BCUT2D eigenvalue weighted by Gasteiger charge is -2.27. The first-order chi connectivity index (χ1) is 19.5. The molecule has 194 valence electrons. The number of hydrogen-bond donors (Lipinski definition) is 0. The average molecular weight is 530 g/mol. The number of fused-ring (bicyclic) bond motifs is 3. The van der Waals surface area contributed by atoms with Gasteiger partial charge < -0.3 is 9.32 Å². The fourth-order valence-electron chi connectivity index (χ4n) is 5.31. The third kappa shape index (κ3) is 3.65. The predicted molar refractivity (Wildman–Crippen MR) is 147 cm³/mol. The minimum Gasteiger partial charge on any atom is -0.459 e. The zero-order valence-electron chi connectivity index (χ0n) is 21.0. The number of benzodiazepines with no additional fused rings is 1. The van der Waals surface area contributed by atoms with E-state index in [0.29, 0.717) is 22.6 Å². The van der Waals surface area contributed by atoms with E-state index in [2.05, 4.69) is 4.99 Å². The third-order valence-corrected chi connectivity index (χ3v) is 7.18. The monoisotopic (exact) mass is 529 g/mol. The number of benzene rings is 4. The third-order valence-electron chi connectivity index (χ3n) is 7.18. The van der Waals surface area contributed by atoms with Crippen molar-refractivity contribution in [2.45, 2.75) is 12.7 Å². The summed E-state index contributed by atoms with van der Waals surface area (Å²) in [6.45, 7) is 0.00423. The van der Waals surface area contributed by atoms with Crippen LogP contribution in [0.25, 0.3) is 11.0 Å². The van der Waals surface area contributed by atoms with Crippen LogP contribution in [0.4, 0.5) is 10.1 Å². The molecule has 8 heteroatoms. The second-order valence-corrected chi connectivity index (χ2v) is 9.55.